The molecular formula is C20H14BrClO3. The van der Waals surface area contributed by atoms with E-state index in [0.29, 0.717) is 23.7 Å². The number of carbonyl (C=O) groups is 1. The largest absolute Gasteiger partial charge is 0.507 e. The zero-order valence-corrected chi connectivity index (χ0v) is 15.4. The average Bonchev–Trinajstić information content (AvgIpc) is 3.02. The molecule has 5 heteroatoms. The van der Waals surface area contributed by atoms with Gasteiger partial charge in [0.1, 0.15) is 18.1 Å². The standard InChI is InChI=1S/C14H11ClO3.C6H3Br/c15-12-6-11(8-16)13(17)7-14(12)18-9-10-4-2-1-3-5-10;7-6-4-2-1-3-5(4)6/h1-8,17H,9H2;1-3H. The number of aromatic hydroxyl groups is 1. The minimum atomic E-state index is -0.141. The minimum Gasteiger partial charge on any atom is -0.507 e. The van der Waals surface area contributed by atoms with Gasteiger partial charge in [-0.3, -0.25) is 4.79 Å². The van der Waals surface area contributed by atoms with E-state index in [1.165, 1.54) is 27.7 Å². The Balaban J connectivity index is 0.000000213. The van der Waals surface area contributed by atoms with Crippen LogP contribution in [0.5, 0.6) is 11.5 Å². The second-order valence-electron chi connectivity index (χ2n) is 5.40. The molecule has 0 atom stereocenters. The fraction of sp³-hybridized carbons (Fsp3) is 0.0500. The van der Waals surface area contributed by atoms with Crippen molar-refractivity contribution in [3.63, 3.8) is 0 Å². The lowest BCUT2D eigenvalue weighted by Crippen LogP contribution is -1.96. The normalized spacial score (nSPS) is 10.5. The third-order valence-corrected chi connectivity index (χ3v) is 4.82. The maximum Gasteiger partial charge on any atom is 0.153 e. The van der Waals surface area contributed by atoms with Crippen molar-refractivity contribution in [2.45, 2.75) is 6.61 Å². The van der Waals surface area contributed by atoms with Crippen molar-refractivity contribution in [2.75, 3.05) is 0 Å². The van der Waals surface area contributed by atoms with Crippen molar-refractivity contribution in [2.24, 2.45) is 0 Å². The smallest absolute Gasteiger partial charge is 0.153 e. The summed E-state index contributed by atoms with van der Waals surface area (Å²) in [4.78, 5) is 10.6. The van der Waals surface area contributed by atoms with Crippen LogP contribution in [0.15, 0.2) is 65.1 Å². The Morgan fingerprint density at radius 1 is 1.04 bits per heavy atom. The molecule has 0 saturated carbocycles. The lowest BCUT2D eigenvalue weighted by Gasteiger charge is -2.09. The van der Waals surface area contributed by atoms with E-state index in [1.54, 1.807) is 0 Å². The van der Waals surface area contributed by atoms with E-state index in [-0.39, 0.29) is 11.3 Å². The molecule has 0 aliphatic heterocycles. The summed E-state index contributed by atoms with van der Waals surface area (Å²) in [6.45, 7) is 0.348. The van der Waals surface area contributed by atoms with Gasteiger partial charge in [-0.25, -0.2) is 0 Å². The Kier molecular flexibility index (Phi) is 5.41. The van der Waals surface area contributed by atoms with Gasteiger partial charge >= 0.3 is 0 Å². The topological polar surface area (TPSA) is 46.5 Å². The van der Waals surface area contributed by atoms with Crippen molar-refractivity contribution in [1.29, 1.82) is 0 Å². The predicted molar refractivity (Wildman–Crippen MR) is 102 cm³/mol. The maximum absolute atomic E-state index is 10.6. The number of benzene rings is 3. The lowest BCUT2D eigenvalue weighted by atomic mass is 10.2. The van der Waals surface area contributed by atoms with Crippen LogP contribution in [0.3, 0.4) is 0 Å². The van der Waals surface area contributed by atoms with Crippen molar-refractivity contribution < 1.29 is 14.6 Å². The highest BCUT2D eigenvalue weighted by atomic mass is 79.9. The first kappa shape index (κ1) is 17.5. The van der Waals surface area contributed by atoms with Crippen LogP contribution in [0.1, 0.15) is 15.9 Å². The number of halogens is 2. The molecule has 126 valence electrons. The minimum absolute atomic E-state index is 0.141. The Labute approximate surface area is 159 Å². The zero-order chi connectivity index (χ0) is 17.8. The van der Waals surface area contributed by atoms with E-state index < -0.39 is 0 Å². The van der Waals surface area contributed by atoms with Gasteiger partial charge in [-0.2, -0.15) is 0 Å². The average molecular weight is 418 g/mol. The van der Waals surface area contributed by atoms with E-state index in [4.69, 9.17) is 16.3 Å². The first-order valence-electron chi connectivity index (χ1n) is 7.53. The van der Waals surface area contributed by atoms with Crippen molar-refractivity contribution in [1.82, 2.24) is 0 Å². The number of rotatable bonds is 4. The van der Waals surface area contributed by atoms with Crippen molar-refractivity contribution in [3.8, 4) is 22.6 Å². The van der Waals surface area contributed by atoms with Gasteiger partial charge in [0.25, 0.3) is 0 Å². The van der Waals surface area contributed by atoms with E-state index >= 15 is 0 Å². The van der Waals surface area contributed by atoms with E-state index in [0.717, 1.165) is 5.56 Å². The first-order valence-corrected chi connectivity index (χ1v) is 8.70. The number of carbonyl (C=O) groups excluding carboxylic acids is 1. The highest BCUT2D eigenvalue weighted by molar-refractivity contribution is 9.11. The number of ether oxygens (including phenoxy) is 1. The molecule has 0 radical (unpaired) electrons. The number of hydrogen-bond donors (Lipinski definition) is 1. The number of hydrogen-bond acceptors (Lipinski definition) is 3. The van der Waals surface area contributed by atoms with Crippen LogP contribution >= 0.6 is 27.5 Å². The van der Waals surface area contributed by atoms with Crippen LogP contribution in [0.25, 0.3) is 11.1 Å². The fourth-order valence-electron chi connectivity index (χ4n) is 2.26. The highest BCUT2D eigenvalue weighted by Gasteiger charge is 2.19. The Morgan fingerprint density at radius 2 is 1.72 bits per heavy atom. The molecule has 0 bridgehead atoms. The molecule has 0 spiro atoms. The van der Waals surface area contributed by atoms with E-state index in [2.05, 4.69) is 34.1 Å². The monoisotopic (exact) mass is 416 g/mol. The second-order valence-corrected chi connectivity index (χ2v) is 6.60. The van der Waals surface area contributed by atoms with Crippen LogP contribution < -0.4 is 4.74 Å². The second kappa shape index (κ2) is 7.72. The summed E-state index contributed by atoms with van der Waals surface area (Å²) in [7, 11) is 0. The van der Waals surface area contributed by atoms with Crippen LogP contribution in [0.2, 0.25) is 5.02 Å². The van der Waals surface area contributed by atoms with Crippen LogP contribution in [-0.2, 0) is 6.61 Å². The molecule has 0 fully saturated rings. The van der Waals surface area contributed by atoms with Crippen molar-refractivity contribution >= 4 is 33.8 Å². The van der Waals surface area contributed by atoms with Gasteiger partial charge < -0.3 is 9.84 Å². The van der Waals surface area contributed by atoms with E-state index in [9.17, 15) is 9.90 Å². The molecule has 2 aromatic rings. The van der Waals surface area contributed by atoms with Gasteiger partial charge in [0, 0.05) is 10.5 Å². The number of fused-ring (bicyclic) bond motifs is 1. The van der Waals surface area contributed by atoms with Gasteiger partial charge in [-0.1, -0.05) is 60.1 Å². The first-order chi connectivity index (χ1) is 12.1. The summed E-state index contributed by atoms with van der Waals surface area (Å²) >= 11 is 9.34. The van der Waals surface area contributed by atoms with Crippen molar-refractivity contribution in [3.05, 3.63) is 81.3 Å². The molecule has 25 heavy (non-hydrogen) atoms. The molecule has 0 heterocycles. The molecular weight excluding hydrogens is 404 g/mol. The van der Waals surface area contributed by atoms with Crippen LogP contribution in [0.4, 0.5) is 0 Å². The molecule has 4 rings (SSSR count). The molecule has 0 amide bonds. The zero-order valence-electron chi connectivity index (χ0n) is 13.1. The van der Waals surface area contributed by atoms with Gasteiger partial charge in [-0.15, -0.1) is 0 Å². The summed E-state index contributed by atoms with van der Waals surface area (Å²) < 4.78 is 6.80. The quantitative estimate of drug-likeness (QED) is 0.423. The summed E-state index contributed by atoms with van der Waals surface area (Å²) in [5.74, 6) is 0.209. The highest BCUT2D eigenvalue weighted by Crippen LogP contribution is 2.47. The third-order valence-electron chi connectivity index (χ3n) is 3.67. The van der Waals surface area contributed by atoms with Gasteiger partial charge in [0.2, 0.25) is 0 Å². The van der Waals surface area contributed by atoms with Gasteiger partial charge in [0.15, 0.2) is 6.29 Å². The molecule has 3 nitrogen and oxygen atoms in total. The molecule has 0 unspecified atom stereocenters. The lowest BCUT2D eigenvalue weighted by molar-refractivity contribution is 0.112. The van der Waals surface area contributed by atoms with Crippen LogP contribution in [-0.4, -0.2) is 11.4 Å². The molecule has 2 aliphatic rings. The Bertz CT molecular complexity index is 890. The fourth-order valence-corrected chi connectivity index (χ4v) is 3.08. The molecule has 0 aromatic heterocycles. The number of phenolic OH excluding ortho intramolecular Hbond substituents is 1. The number of phenols is 1. The summed E-state index contributed by atoms with van der Waals surface area (Å²) in [5.41, 5.74) is 3.92. The number of aldehydes is 1. The third kappa shape index (κ3) is 4.21. The summed E-state index contributed by atoms with van der Waals surface area (Å²) in [6, 6.07) is 18.6. The summed E-state index contributed by atoms with van der Waals surface area (Å²) in [6.07, 6.45) is 0.544. The molecule has 1 N–H and O–H groups in total. The Hall–Kier alpha value is -2.30. The molecule has 2 aromatic carbocycles. The van der Waals surface area contributed by atoms with Gasteiger partial charge in [-0.05, 0) is 38.7 Å². The summed E-state index contributed by atoms with van der Waals surface area (Å²) in [5, 5.41) is 9.84. The maximum atomic E-state index is 10.6. The van der Waals surface area contributed by atoms with Gasteiger partial charge in [0.05, 0.1) is 10.6 Å². The SMILES string of the molecule is Brc1c2cccc1-2.O=Cc1cc(Cl)c(OCc2ccccc2)cc1O. The Morgan fingerprint density at radius 3 is 2.28 bits per heavy atom. The molecule has 2 aliphatic carbocycles. The predicted octanol–water partition coefficient (Wildman–Crippen LogP) is 5.87. The molecule has 0 saturated heterocycles. The van der Waals surface area contributed by atoms with E-state index in [1.807, 2.05) is 30.3 Å². The van der Waals surface area contributed by atoms with Crippen LogP contribution in [0, 0.1) is 0 Å².